The van der Waals surface area contributed by atoms with Crippen LogP contribution in [0.3, 0.4) is 0 Å². The molecular weight excluding hydrogens is 246 g/mol. The predicted molar refractivity (Wildman–Crippen MR) is 68.3 cm³/mol. The van der Waals surface area contributed by atoms with Crippen molar-refractivity contribution in [2.45, 2.75) is 32.7 Å². The molecule has 1 aromatic rings. The average Bonchev–Trinajstić information content (AvgIpc) is 2.92. The zero-order valence-corrected chi connectivity index (χ0v) is 11.2. The normalized spacial score (nSPS) is 19.5. The monoisotopic (exact) mass is 265 g/mol. The van der Waals surface area contributed by atoms with E-state index >= 15 is 0 Å². The first-order chi connectivity index (χ1) is 9.08. The average molecular weight is 265 g/mol. The molecule has 0 unspecified atom stereocenters. The lowest BCUT2D eigenvalue weighted by atomic mass is 10.0. The second kappa shape index (κ2) is 5.81. The van der Waals surface area contributed by atoms with Crippen LogP contribution >= 0.6 is 0 Å². The summed E-state index contributed by atoms with van der Waals surface area (Å²) in [5.74, 6) is -0.122. The Hall–Kier alpha value is -1.92. The first-order valence-corrected chi connectivity index (χ1v) is 6.53. The molecule has 104 valence electrons. The molecule has 1 fully saturated rings. The summed E-state index contributed by atoms with van der Waals surface area (Å²) in [6.07, 6.45) is 3.17. The molecule has 2 rings (SSSR count). The summed E-state index contributed by atoms with van der Waals surface area (Å²) < 4.78 is 0. The number of likely N-dealkylation sites (tertiary alicyclic amines) is 1. The van der Waals surface area contributed by atoms with Crippen LogP contribution in [0.2, 0.25) is 0 Å². The zero-order chi connectivity index (χ0) is 13.8. The maximum absolute atomic E-state index is 11.9. The van der Waals surface area contributed by atoms with Crippen LogP contribution in [0.1, 0.15) is 37.2 Å². The number of hydrogen-bond acceptors (Lipinski definition) is 4. The molecule has 2 amide bonds. The topological polar surface area (TPSA) is 91.0 Å². The van der Waals surface area contributed by atoms with Crippen LogP contribution in [0.25, 0.3) is 0 Å². The van der Waals surface area contributed by atoms with E-state index in [1.54, 1.807) is 0 Å². The fraction of sp³-hybridized carbons (Fsp3) is 0.667. The van der Waals surface area contributed by atoms with Crippen LogP contribution < -0.4 is 5.32 Å². The van der Waals surface area contributed by atoms with Crippen molar-refractivity contribution in [3.05, 3.63) is 11.9 Å². The molecule has 0 spiro atoms. The SMILES string of the molecule is CC(C)C(=O)N1CCC[C@@H](NC(=O)c2cn[nH]n2)C1. The van der Waals surface area contributed by atoms with Crippen LogP contribution in [-0.2, 0) is 4.79 Å². The number of nitrogens with one attached hydrogen (secondary N) is 2. The van der Waals surface area contributed by atoms with Gasteiger partial charge in [0.05, 0.1) is 6.20 Å². The first kappa shape index (κ1) is 13.5. The fourth-order valence-corrected chi connectivity index (χ4v) is 2.23. The standard InChI is InChI=1S/C12H19N5O2/c1-8(2)12(19)17-5-3-4-9(7-17)14-11(18)10-6-13-16-15-10/h6,8-9H,3-5,7H2,1-2H3,(H,14,18)(H,13,15,16)/t9-/m1/s1. The minimum Gasteiger partial charge on any atom is -0.346 e. The van der Waals surface area contributed by atoms with Gasteiger partial charge in [0.1, 0.15) is 0 Å². The highest BCUT2D eigenvalue weighted by atomic mass is 16.2. The lowest BCUT2D eigenvalue weighted by Crippen LogP contribution is -2.50. The van der Waals surface area contributed by atoms with Crippen LogP contribution in [0.4, 0.5) is 0 Å². The fourth-order valence-electron chi connectivity index (χ4n) is 2.23. The molecular formula is C12H19N5O2. The Kier molecular flexibility index (Phi) is 4.13. The summed E-state index contributed by atoms with van der Waals surface area (Å²) in [7, 11) is 0. The highest BCUT2D eigenvalue weighted by molar-refractivity contribution is 5.92. The molecule has 1 aliphatic heterocycles. The third kappa shape index (κ3) is 3.30. The molecule has 1 aliphatic rings. The van der Waals surface area contributed by atoms with E-state index in [1.165, 1.54) is 6.20 Å². The Morgan fingerprint density at radius 2 is 2.32 bits per heavy atom. The van der Waals surface area contributed by atoms with Crippen LogP contribution in [0.15, 0.2) is 6.20 Å². The largest absolute Gasteiger partial charge is 0.346 e. The molecule has 2 heterocycles. The van der Waals surface area contributed by atoms with Gasteiger partial charge in [-0.25, -0.2) is 0 Å². The van der Waals surface area contributed by atoms with Gasteiger partial charge in [0.25, 0.3) is 5.91 Å². The molecule has 0 saturated carbocycles. The van der Waals surface area contributed by atoms with Crippen molar-refractivity contribution in [2.75, 3.05) is 13.1 Å². The summed E-state index contributed by atoms with van der Waals surface area (Å²) in [4.78, 5) is 25.6. The van der Waals surface area contributed by atoms with Crippen LogP contribution in [-0.4, -0.2) is 51.3 Å². The molecule has 1 aromatic heterocycles. The van der Waals surface area contributed by atoms with Gasteiger partial charge in [0.2, 0.25) is 5.91 Å². The third-order valence-electron chi connectivity index (χ3n) is 3.21. The Morgan fingerprint density at radius 3 is 2.95 bits per heavy atom. The van der Waals surface area contributed by atoms with Crippen LogP contribution in [0.5, 0.6) is 0 Å². The van der Waals surface area contributed by atoms with Gasteiger partial charge in [-0.15, -0.1) is 0 Å². The zero-order valence-electron chi connectivity index (χ0n) is 11.2. The number of aromatic nitrogens is 3. The number of carbonyl (C=O) groups excluding carboxylic acids is 2. The van der Waals surface area contributed by atoms with Crippen molar-refractivity contribution in [1.29, 1.82) is 0 Å². The van der Waals surface area contributed by atoms with E-state index < -0.39 is 0 Å². The van der Waals surface area contributed by atoms with Gasteiger partial charge in [-0.05, 0) is 12.8 Å². The van der Waals surface area contributed by atoms with Gasteiger partial charge in [0, 0.05) is 25.0 Å². The second-order valence-electron chi connectivity index (χ2n) is 5.11. The van der Waals surface area contributed by atoms with Crippen LogP contribution in [0, 0.1) is 5.92 Å². The predicted octanol–water partition coefficient (Wildman–Crippen LogP) is 0.182. The third-order valence-corrected chi connectivity index (χ3v) is 3.21. The molecule has 2 N–H and O–H groups in total. The quantitative estimate of drug-likeness (QED) is 0.815. The van der Waals surface area contributed by atoms with Gasteiger partial charge in [0.15, 0.2) is 5.69 Å². The van der Waals surface area contributed by atoms with Gasteiger partial charge in [-0.1, -0.05) is 13.8 Å². The van der Waals surface area contributed by atoms with Gasteiger partial charge < -0.3 is 10.2 Å². The van der Waals surface area contributed by atoms with E-state index in [0.29, 0.717) is 6.54 Å². The van der Waals surface area contributed by atoms with E-state index in [1.807, 2.05) is 18.7 Å². The molecule has 1 saturated heterocycles. The van der Waals surface area contributed by atoms with Crippen molar-refractivity contribution in [2.24, 2.45) is 5.92 Å². The van der Waals surface area contributed by atoms with Crippen molar-refractivity contribution in [3.63, 3.8) is 0 Å². The minimum absolute atomic E-state index is 0.00927. The molecule has 0 radical (unpaired) electrons. The molecule has 1 atom stereocenters. The van der Waals surface area contributed by atoms with Gasteiger partial charge in [-0.2, -0.15) is 15.4 Å². The summed E-state index contributed by atoms with van der Waals surface area (Å²) in [5, 5.41) is 12.6. The number of aromatic amines is 1. The Morgan fingerprint density at radius 1 is 1.53 bits per heavy atom. The summed E-state index contributed by atoms with van der Waals surface area (Å²) in [6, 6.07) is -0.0133. The number of rotatable bonds is 3. The van der Waals surface area contributed by atoms with E-state index in [-0.39, 0.29) is 29.5 Å². The number of hydrogen-bond donors (Lipinski definition) is 2. The number of nitrogens with zero attached hydrogens (tertiary/aromatic N) is 3. The smallest absolute Gasteiger partial charge is 0.273 e. The maximum Gasteiger partial charge on any atom is 0.273 e. The van der Waals surface area contributed by atoms with E-state index in [9.17, 15) is 9.59 Å². The Bertz CT molecular complexity index is 443. The highest BCUT2D eigenvalue weighted by Gasteiger charge is 2.26. The summed E-state index contributed by atoms with van der Waals surface area (Å²) >= 11 is 0. The van der Waals surface area contributed by atoms with E-state index in [4.69, 9.17) is 0 Å². The van der Waals surface area contributed by atoms with Crippen molar-refractivity contribution >= 4 is 11.8 Å². The van der Waals surface area contributed by atoms with Gasteiger partial charge >= 0.3 is 0 Å². The minimum atomic E-state index is -0.252. The highest BCUT2D eigenvalue weighted by Crippen LogP contribution is 2.13. The van der Waals surface area contributed by atoms with E-state index in [2.05, 4.69) is 20.7 Å². The molecule has 19 heavy (non-hydrogen) atoms. The summed E-state index contributed by atoms with van der Waals surface area (Å²) in [6.45, 7) is 5.12. The molecule has 0 bridgehead atoms. The lowest BCUT2D eigenvalue weighted by molar-refractivity contribution is -0.135. The number of carbonyl (C=O) groups is 2. The van der Waals surface area contributed by atoms with Crippen molar-refractivity contribution < 1.29 is 9.59 Å². The number of piperidine rings is 1. The summed E-state index contributed by atoms with van der Waals surface area (Å²) in [5.41, 5.74) is 0.271. The van der Waals surface area contributed by atoms with Crippen molar-refractivity contribution in [3.8, 4) is 0 Å². The molecule has 0 aromatic carbocycles. The maximum atomic E-state index is 11.9. The molecule has 0 aliphatic carbocycles. The van der Waals surface area contributed by atoms with Gasteiger partial charge in [-0.3, -0.25) is 9.59 Å². The van der Waals surface area contributed by atoms with E-state index in [0.717, 1.165) is 19.4 Å². The molecule has 7 heteroatoms. The molecule has 7 nitrogen and oxygen atoms in total. The second-order valence-corrected chi connectivity index (χ2v) is 5.11. The Balaban J connectivity index is 1.91. The number of amides is 2. The first-order valence-electron chi connectivity index (χ1n) is 6.53. The lowest BCUT2D eigenvalue weighted by Gasteiger charge is -2.34. The number of H-pyrrole nitrogens is 1. The van der Waals surface area contributed by atoms with Crippen molar-refractivity contribution in [1.82, 2.24) is 25.6 Å². The Labute approximate surface area is 111 Å².